The summed E-state index contributed by atoms with van der Waals surface area (Å²) in [7, 11) is 0. The summed E-state index contributed by atoms with van der Waals surface area (Å²) in [5, 5.41) is 0. The molecule has 0 aromatic rings. The maximum absolute atomic E-state index is 5.52. The maximum Gasteiger partial charge on any atom is 0.0576 e. The summed E-state index contributed by atoms with van der Waals surface area (Å²) in [5.41, 5.74) is 2.75. The Hall–Kier alpha value is -0.120. The van der Waals surface area contributed by atoms with Crippen molar-refractivity contribution in [2.75, 3.05) is 6.61 Å². The molecule has 12 heavy (non-hydrogen) atoms. The lowest BCUT2D eigenvalue weighted by Crippen LogP contribution is -2.32. The molecule has 1 rings (SSSR count). The van der Waals surface area contributed by atoms with E-state index in [1.807, 2.05) is 0 Å². The van der Waals surface area contributed by atoms with E-state index in [-0.39, 0.29) is 0 Å². The largest absolute Gasteiger partial charge is 0.378 e. The van der Waals surface area contributed by atoms with Crippen LogP contribution in [0.2, 0.25) is 0 Å². The predicted octanol–water partition coefficient (Wildman–Crippen LogP) is 1.19. The molecular weight excluding hydrogens is 152 g/mol. The Kier molecular flexibility index (Phi) is 4.58. The van der Waals surface area contributed by atoms with Crippen molar-refractivity contribution in [1.29, 1.82) is 0 Å². The number of hydrazine groups is 1. The van der Waals surface area contributed by atoms with Crippen LogP contribution in [0.1, 0.15) is 39.0 Å². The number of nitrogens with one attached hydrogen (secondary N) is 1. The summed E-state index contributed by atoms with van der Waals surface area (Å²) in [6.45, 7) is 3.07. The Morgan fingerprint density at radius 3 is 3.08 bits per heavy atom. The zero-order valence-corrected chi connectivity index (χ0v) is 7.88. The van der Waals surface area contributed by atoms with Crippen LogP contribution in [0, 0.1) is 0 Å². The molecule has 2 atom stereocenters. The van der Waals surface area contributed by atoms with E-state index < -0.39 is 0 Å². The van der Waals surface area contributed by atoms with Gasteiger partial charge in [-0.15, -0.1) is 0 Å². The average molecular weight is 172 g/mol. The van der Waals surface area contributed by atoms with Gasteiger partial charge in [-0.1, -0.05) is 0 Å². The van der Waals surface area contributed by atoms with Crippen LogP contribution in [-0.2, 0) is 4.74 Å². The normalized spacial score (nSPS) is 26.0. The third kappa shape index (κ3) is 3.52. The standard InChI is InChI=1S/C9H20N2O/c1-8(11-10)4-2-5-9-6-3-7-12-9/h8-9,11H,2-7,10H2,1H3. The van der Waals surface area contributed by atoms with Crippen molar-refractivity contribution in [2.24, 2.45) is 5.84 Å². The first kappa shape index (κ1) is 9.96. The van der Waals surface area contributed by atoms with Gasteiger partial charge in [-0.2, -0.15) is 0 Å². The fourth-order valence-electron chi connectivity index (χ4n) is 1.61. The summed E-state index contributed by atoms with van der Waals surface area (Å²) < 4.78 is 5.52. The van der Waals surface area contributed by atoms with Gasteiger partial charge in [0.2, 0.25) is 0 Å². The van der Waals surface area contributed by atoms with Gasteiger partial charge in [0.1, 0.15) is 0 Å². The highest BCUT2D eigenvalue weighted by molar-refractivity contribution is 4.66. The van der Waals surface area contributed by atoms with E-state index >= 15 is 0 Å². The SMILES string of the molecule is CC(CCCC1CCCO1)NN. The van der Waals surface area contributed by atoms with E-state index in [0.717, 1.165) is 13.0 Å². The van der Waals surface area contributed by atoms with Gasteiger partial charge < -0.3 is 4.74 Å². The van der Waals surface area contributed by atoms with E-state index in [0.29, 0.717) is 12.1 Å². The monoisotopic (exact) mass is 172 g/mol. The number of hydrogen-bond acceptors (Lipinski definition) is 3. The lowest BCUT2D eigenvalue weighted by molar-refractivity contribution is 0.101. The molecule has 3 heteroatoms. The summed E-state index contributed by atoms with van der Waals surface area (Å²) >= 11 is 0. The Bertz CT molecular complexity index is 113. The van der Waals surface area contributed by atoms with Crippen molar-refractivity contribution in [1.82, 2.24) is 5.43 Å². The minimum atomic E-state index is 0.436. The molecule has 1 fully saturated rings. The molecule has 0 aromatic heterocycles. The van der Waals surface area contributed by atoms with E-state index in [1.54, 1.807) is 0 Å². The van der Waals surface area contributed by atoms with E-state index in [1.165, 1.54) is 25.7 Å². The van der Waals surface area contributed by atoms with Gasteiger partial charge in [0.05, 0.1) is 6.10 Å². The molecule has 1 heterocycles. The molecule has 2 unspecified atom stereocenters. The molecule has 1 aliphatic heterocycles. The van der Waals surface area contributed by atoms with Gasteiger partial charge in [0, 0.05) is 12.6 Å². The van der Waals surface area contributed by atoms with Gasteiger partial charge in [-0.25, -0.2) is 0 Å². The first-order valence-electron chi connectivity index (χ1n) is 4.90. The molecule has 0 spiro atoms. The second-order valence-electron chi connectivity index (χ2n) is 3.63. The third-order valence-electron chi connectivity index (χ3n) is 2.47. The maximum atomic E-state index is 5.52. The Morgan fingerprint density at radius 2 is 2.50 bits per heavy atom. The lowest BCUT2D eigenvalue weighted by Gasteiger charge is -2.12. The third-order valence-corrected chi connectivity index (χ3v) is 2.47. The van der Waals surface area contributed by atoms with Crippen LogP contribution in [-0.4, -0.2) is 18.8 Å². The minimum Gasteiger partial charge on any atom is -0.378 e. The van der Waals surface area contributed by atoms with Crippen molar-refractivity contribution < 1.29 is 4.74 Å². The smallest absolute Gasteiger partial charge is 0.0576 e. The number of rotatable bonds is 5. The zero-order chi connectivity index (χ0) is 8.81. The zero-order valence-electron chi connectivity index (χ0n) is 7.88. The molecule has 1 aliphatic rings. The number of nitrogens with two attached hydrogens (primary N) is 1. The fraction of sp³-hybridized carbons (Fsp3) is 1.00. The number of hydrogen-bond donors (Lipinski definition) is 2. The Labute approximate surface area is 74.6 Å². The molecule has 0 radical (unpaired) electrons. The van der Waals surface area contributed by atoms with Crippen molar-refractivity contribution in [2.45, 2.75) is 51.2 Å². The fourth-order valence-corrected chi connectivity index (χ4v) is 1.61. The lowest BCUT2D eigenvalue weighted by atomic mass is 10.1. The number of ether oxygens (including phenoxy) is 1. The highest BCUT2D eigenvalue weighted by Crippen LogP contribution is 2.17. The summed E-state index contributed by atoms with van der Waals surface area (Å²) in [6.07, 6.45) is 6.60. The van der Waals surface area contributed by atoms with Crippen molar-refractivity contribution in [3.8, 4) is 0 Å². The highest BCUT2D eigenvalue weighted by Gasteiger charge is 2.14. The van der Waals surface area contributed by atoms with Gasteiger partial charge >= 0.3 is 0 Å². The summed E-state index contributed by atoms with van der Waals surface area (Å²) in [5.74, 6) is 5.29. The van der Waals surface area contributed by atoms with Gasteiger partial charge in [0.25, 0.3) is 0 Å². The molecule has 3 N–H and O–H groups in total. The molecule has 0 amide bonds. The van der Waals surface area contributed by atoms with Crippen LogP contribution >= 0.6 is 0 Å². The van der Waals surface area contributed by atoms with Crippen LogP contribution < -0.4 is 11.3 Å². The molecule has 0 saturated carbocycles. The average Bonchev–Trinajstić information content (AvgIpc) is 2.57. The summed E-state index contributed by atoms with van der Waals surface area (Å²) in [6, 6.07) is 0.436. The molecule has 1 saturated heterocycles. The predicted molar refractivity (Wildman–Crippen MR) is 49.6 cm³/mol. The van der Waals surface area contributed by atoms with E-state index in [4.69, 9.17) is 10.6 Å². The minimum absolute atomic E-state index is 0.436. The quantitative estimate of drug-likeness (QED) is 0.483. The molecule has 0 bridgehead atoms. The second-order valence-corrected chi connectivity index (χ2v) is 3.63. The molecule has 0 aliphatic carbocycles. The first-order chi connectivity index (χ1) is 5.83. The van der Waals surface area contributed by atoms with Crippen LogP contribution in [0.3, 0.4) is 0 Å². The van der Waals surface area contributed by atoms with Crippen molar-refractivity contribution in [3.63, 3.8) is 0 Å². The van der Waals surface area contributed by atoms with Crippen molar-refractivity contribution in [3.05, 3.63) is 0 Å². The molecule has 72 valence electrons. The molecule has 0 aromatic carbocycles. The Morgan fingerprint density at radius 1 is 1.67 bits per heavy atom. The van der Waals surface area contributed by atoms with Crippen molar-refractivity contribution >= 4 is 0 Å². The molecular formula is C9H20N2O. The van der Waals surface area contributed by atoms with Gasteiger partial charge in [0.15, 0.2) is 0 Å². The topological polar surface area (TPSA) is 47.3 Å². The van der Waals surface area contributed by atoms with Crippen LogP contribution in [0.25, 0.3) is 0 Å². The van der Waals surface area contributed by atoms with Gasteiger partial charge in [-0.3, -0.25) is 11.3 Å². The van der Waals surface area contributed by atoms with Crippen LogP contribution in [0.4, 0.5) is 0 Å². The van der Waals surface area contributed by atoms with Gasteiger partial charge in [-0.05, 0) is 39.0 Å². The Balaban J connectivity index is 1.94. The van der Waals surface area contributed by atoms with Crippen LogP contribution in [0.15, 0.2) is 0 Å². The van der Waals surface area contributed by atoms with E-state index in [2.05, 4.69) is 12.3 Å². The first-order valence-corrected chi connectivity index (χ1v) is 4.90. The van der Waals surface area contributed by atoms with E-state index in [9.17, 15) is 0 Å². The molecule has 3 nitrogen and oxygen atoms in total. The second kappa shape index (κ2) is 5.51. The summed E-state index contributed by atoms with van der Waals surface area (Å²) in [4.78, 5) is 0. The highest BCUT2D eigenvalue weighted by atomic mass is 16.5. The van der Waals surface area contributed by atoms with Crippen LogP contribution in [0.5, 0.6) is 0 Å².